The van der Waals surface area contributed by atoms with Crippen LogP contribution in [0.1, 0.15) is 5.69 Å². The zero-order valence-electron chi connectivity index (χ0n) is 10.6. The lowest BCUT2D eigenvalue weighted by Gasteiger charge is -2.10. The van der Waals surface area contributed by atoms with Gasteiger partial charge in [0, 0.05) is 6.42 Å². The number of carbonyl (C=O) groups is 2. The number of nitrogens with two attached hydrogens (primary N) is 1. The van der Waals surface area contributed by atoms with Crippen LogP contribution in [0.5, 0.6) is 0 Å². The van der Waals surface area contributed by atoms with Gasteiger partial charge < -0.3 is 10.7 Å². The van der Waals surface area contributed by atoms with E-state index in [0.717, 1.165) is 0 Å². The molecule has 0 aliphatic rings. The molecule has 118 valence electrons. The minimum absolute atomic E-state index is 0.191. The van der Waals surface area contributed by atoms with Crippen LogP contribution in [0, 0.1) is 0 Å². The molecule has 2 aromatic heterocycles. The Morgan fingerprint density at radius 2 is 2.00 bits per heavy atom. The molecule has 0 fully saturated rings. The average molecular weight is 319 g/mol. The third kappa shape index (κ3) is 3.46. The second kappa shape index (κ2) is 5.93. The van der Waals surface area contributed by atoms with E-state index in [4.69, 9.17) is 5.73 Å². The zero-order chi connectivity index (χ0) is 16.3. The largest absolute Gasteiger partial charge is 0.495 e. The minimum Gasteiger partial charge on any atom is -0.342 e. The number of nitrogens with zero attached hydrogens (tertiary/aromatic N) is 3. The van der Waals surface area contributed by atoms with Crippen molar-refractivity contribution in [3.63, 3.8) is 0 Å². The first-order valence-electron chi connectivity index (χ1n) is 5.67. The van der Waals surface area contributed by atoms with Crippen LogP contribution in [0.25, 0.3) is 11.2 Å². The number of imidazole rings is 1. The van der Waals surface area contributed by atoms with Gasteiger partial charge in [0.05, 0.1) is 12.0 Å². The second-order valence-corrected chi connectivity index (χ2v) is 4.00. The molecule has 9 nitrogen and oxygen atoms in total. The number of rotatable bonds is 3. The van der Waals surface area contributed by atoms with Crippen molar-refractivity contribution < 1.29 is 32.5 Å². The van der Waals surface area contributed by atoms with Gasteiger partial charge in [-0.15, -0.1) is 0 Å². The van der Waals surface area contributed by atoms with Gasteiger partial charge in [-0.25, -0.2) is 34.3 Å². The second-order valence-electron chi connectivity index (χ2n) is 4.00. The molecule has 0 aliphatic carbocycles. The van der Waals surface area contributed by atoms with Crippen molar-refractivity contribution in [2.45, 2.75) is 18.6 Å². The maximum Gasteiger partial charge on any atom is 0.495 e. The quantitative estimate of drug-likeness (QED) is 0.586. The standard InChI is InChI=1S/C10H8F3N5O4/c11-10(12,13)9(20)22-21-8(19)4(14)1-5-6-7(17-2-15-5)18-3-16-6/h2-4H,1,14H2,(H,15,16,17,18). The first-order chi connectivity index (χ1) is 10.3. The fraction of sp³-hybridized carbons (Fsp3) is 0.300. The van der Waals surface area contributed by atoms with Crippen molar-refractivity contribution in [1.82, 2.24) is 19.9 Å². The Kier molecular flexibility index (Phi) is 4.21. The third-order valence-corrected chi connectivity index (χ3v) is 2.45. The molecule has 2 aromatic rings. The van der Waals surface area contributed by atoms with Gasteiger partial charge in [0.2, 0.25) is 0 Å². The predicted octanol–water partition coefficient (Wildman–Crippen LogP) is -0.214. The maximum absolute atomic E-state index is 11.9. The third-order valence-electron chi connectivity index (χ3n) is 2.45. The molecule has 0 aromatic carbocycles. The number of carbonyl (C=O) groups excluding carboxylic acids is 2. The van der Waals surface area contributed by atoms with Crippen molar-refractivity contribution in [2.24, 2.45) is 5.73 Å². The Labute approximate surface area is 119 Å². The lowest BCUT2D eigenvalue weighted by atomic mass is 10.1. The van der Waals surface area contributed by atoms with Crippen molar-refractivity contribution >= 4 is 23.1 Å². The van der Waals surface area contributed by atoms with Gasteiger partial charge in [0.15, 0.2) is 5.65 Å². The van der Waals surface area contributed by atoms with Gasteiger partial charge in [-0.3, -0.25) is 0 Å². The van der Waals surface area contributed by atoms with Crippen LogP contribution in [0.3, 0.4) is 0 Å². The van der Waals surface area contributed by atoms with Gasteiger partial charge in [-0.05, 0) is 0 Å². The Bertz CT molecular complexity index is 701. The molecule has 0 aliphatic heterocycles. The van der Waals surface area contributed by atoms with E-state index in [1.165, 1.54) is 12.7 Å². The fourth-order valence-corrected chi connectivity index (χ4v) is 1.45. The van der Waals surface area contributed by atoms with Crippen LogP contribution in [-0.2, 0) is 25.8 Å². The molecule has 2 rings (SSSR count). The first-order valence-corrected chi connectivity index (χ1v) is 5.67. The summed E-state index contributed by atoms with van der Waals surface area (Å²) in [7, 11) is 0. The summed E-state index contributed by atoms with van der Waals surface area (Å²) in [5, 5.41) is 0. The van der Waals surface area contributed by atoms with E-state index in [1.54, 1.807) is 0 Å². The fourth-order valence-electron chi connectivity index (χ4n) is 1.45. The highest BCUT2D eigenvalue weighted by molar-refractivity contribution is 5.80. The van der Waals surface area contributed by atoms with Gasteiger partial charge in [-0.1, -0.05) is 0 Å². The van der Waals surface area contributed by atoms with Crippen LogP contribution in [0.2, 0.25) is 0 Å². The van der Waals surface area contributed by atoms with Gasteiger partial charge in [0.1, 0.15) is 17.9 Å². The Hall–Kier alpha value is -2.76. The monoisotopic (exact) mass is 319 g/mol. The molecule has 0 radical (unpaired) electrons. The molecule has 2 heterocycles. The number of alkyl halides is 3. The van der Waals surface area contributed by atoms with E-state index in [1.807, 2.05) is 0 Å². The zero-order valence-corrected chi connectivity index (χ0v) is 10.6. The van der Waals surface area contributed by atoms with Gasteiger partial charge in [-0.2, -0.15) is 13.2 Å². The maximum atomic E-state index is 11.9. The Morgan fingerprint density at radius 1 is 1.27 bits per heavy atom. The molecular weight excluding hydrogens is 311 g/mol. The molecule has 0 spiro atoms. The van der Waals surface area contributed by atoms with Crippen LogP contribution in [0.15, 0.2) is 12.7 Å². The smallest absolute Gasteiger partial charge is 0.342 e. The number of aromatic amines is 1. The number of hydrogen-bond acceptors (Lipinski definition) is 8. The molecule has 0 saturated heterocycles. The van der Waals surface area contributed by atoms with Crippen molar-refractivity contribution in [3.8, 4) is 0 Å². The van der Waals surface area contributed by atoms with E-state index in [2.05, 4.69) is 29.7 Å². The van der Waals surface area contributed by atoms with Crippen molar-refractivity contribution in [2.75, 3.05) is 0 Å². The minimum atomic E-state index is -5.28. The van der Waals surface area contributed by atoms with Crippen LogP contribution in [-0.4, -0.2) is 44.1 Å². The number of aromatic nitrogens is 4. The molecular formula is C10H8F3N5O4. The van der Waals surface area contributed by atoms with Crippen LogP contribution < -0.4 is 5.73 Å². The highest BCUT2D eigenvalue weighted by atomic mass is 19.4. The van der Waals surface area contributed by atoms with Crippen LogP contribution in [0.4, 0.5) is 13.2 Å². The Morgan fingerprint density at radius 3 is 2.68 bits per heavy atom. The molecule has 22 heavy (non-hydrogen) atoms. The number of nitrogens with one attached hydrogen (secondary N) is 1. The summed E-state index contributed by atoms with van der Waals surface area (Å²) in [6, 6.07) is -1.40. The summed E-state index contributed by atoms with van der Waals surface area (Å²) in [5.41, 5.74) is 6.51. The van der Waals surface area contributed by atoms with E-state index < -0.39 is 24.2 Å². The van der Waals surface area contributed by atoms with E-state index >= 15 is 0 Å². The van der Waals surface area contributed by atoms with E-state index in [0.29, 0.717) is 16.9 Å². The molecule has 12 heteroatoms. The highest BCUT2D eigenvalue weighted by Crippen LogP contribution is 2.17. The summed E-state index contributed by atoms with van der Waals surface area (Å²) in [6.07, 6.45) is -2.94. The molecule has 0 saturated carbocycles. The summed E-state index contributed by atoms with van der Waals surface area (Å²) in [4.78, 5) is 43.2. The van der Waals surface area contributed by atoms with E-state index in [9.17, 15) is 22.8 Å². The van der Waals surface area contributed by atoms with Gasteiger partial charge in [0.25, 0.3) is 0 Å². The van der Waals surface area contributed by atoms with E-state index in [-0.39, 0.29) is 6.42 Å². The molecule has 0 amide bonds. The normalized spacial score (nSPS) is 12.9. The van der Waals surface area contributed by atoms with Crippen LogP contribution >= 0.6 is 0 Å². The lowest BCUT2D eigenvalue weighted by Crippen LogP contribution is -2.36. The SMILES string of the molecule is NC(Cc1ncnc2nc[nH]c12)C(=O)OOC(=O)C(F)(F)F. The summed E-state index contributed by atoms with van der Waals surface area (Å²) in [6.45, 7) is 0. The average Bonchev–Trinajstić information content (AvgIpc) is 2.92. The molecule has 1 unspecified atom stereocenters. The summed E-state index contributed by atoms with van der Waals surface area (Å²) in [5.74, 6) is -4.02. The van der Waals surface area contributed by atoms with Gasteiger partial charge >= 0.3 is 18.1 Å². The highest BCUT2D eigenvalue weighted by Gasteiger charge is 2.43. The number of H-pyrrole nitrogens is 1. The molecule has 0 bridgehead atoms. The summed E-state index contributed by atoms with van der Waals surface area (Å²) >= 11 is 0. The van der Waals surface area contributed by atoms with Crippen molar-refractivity contribution in [3.05, 3.63) is 18.3 Å². The lowest BCUT2D eigenvalue weighted by molar-refractivity contribution is -0.286. The number of halogens is 3. The first kappa shape index (κ1) is 15.6. The number of fused-ring (bicyclic) bond motifs is 1. The van der Waals surface area contributed by atoms with Crippen molar-refractivity contribution in [1.29, 1.82) is 0 Å². The predicted molar refractivity (Wildman–Crippen MR) is 61.6 cm³/mol. The topological polar surface area (TPSA) is 133 Å². The number of hydrogen-bond donors (Lipinski definition) is 2. The molecule has 1 atom stereocenters. The molecule has 3 N–H and O–H groups in total. The Balaban J connectivity index is 1.97. The summed E-state index contributed by atoms with van der Waals surface area (Å²) < 4.78 is 35.6.